The quantitative estimate of drug-likeness (QED) is 0.382. The standard InChI is InChI=1S/C32H32F3N3O6/c1-31(42,20-6-4-3-5-7-20)30(41)36-17-23-13-14-25-27(44-23)18-43-26-15-12-22(16-24(26)29(40)38(25)2)37-28(39)19-8-10-21(11-9-19)32(33,34)35/h3-12,15-16,23,25,27,42H,13-14,17-18H2,1-2H3,(H,36,41)(H,37,39)/t23-,25-,27-,31+/m0/s1. The summed E-state index contributed by atoms with van der Waals surface area (Å²) in [6.07, 6.45) is -4.24. The summed E-state index contributed by atoms with van der Waals surface area (Å²) in [4.78, 5) is 40.5. The van der Waals surface area contributed by atoms with E-state index < -0.39 is 35.3 Å². The lowest BCUT2D eigenvalue weighted by Crippen LogP contribution is -2.55. The molecule has 4 atom stereocenters. The molecule has 3 aromatic carbocycles. The Balaban J connectivity index is 1.22. The molecular weight excluding hydrogens is 579 g/mol. The van der Waals surface area contributed by atoms with E-state index in [2.05, 4.69) is 10.6 Å². The first-order valence-electron chi connectivity index (χ1n) is 14.1. The number of hydrogen-bond donors (Lipinski definition) is 3. The summed E-state index contributed by atoms with van der Waals surface area (Å²) in [6, 6.07) is 16.7. The molecule has 12 heteroatoms. The zero-order chi connectivity index (χ0) is 31.6. The number of benzene rings is 3. The molecular formula is C32H32F3N3O6. The number of hydrogen-bond acceptors (Lipinski definition) is 6. The predicted molar refractivity (Wildman–Crippen MR) is 154 cm³/mol. The van der Waals surface area contributed by atoms with Gasteiger partial charge in [-0.15, -0.1) is 0 Å². The Labute approximate surface area is 252 Å². The number of amides is 3. The number of rotatable bonds is 6. The number of likely N-dealkylation sites (N-methyl/N-ethyl adjacent to an activating group) is 1. The monoisotopic (exact) mass is 611 g/mol. The Hall–Kier alpha value is -4.42. The number of aliphatic hydroxyl groups is 1. The minimum Gasteiger partial charge on any atom is -0.490 e. The predicted octanol–water partition coefficient (Wildman–Crippen LogP) is 4.36. The highest BCUT2D eigenvalue weighted by atomic mass is 19.4. The van der Waals surface area contributed by atoms with Gasteiger partial charge in [0.05, 0.1) is 23.3 Å². The fraction of sp³-hybridized carbons (Fsp3) is 0.344. The van der Waals surface area contributed by atoms with Crippen molar-refractivity contribution in [3.8, 4) is 5.75 Å². The first kappa shape index (κ1) is 31.0. The molecule has 1 saturated heterocycles. The summed E-state index contributed by atoms with van der Waals surface area (Å²) < 4.78 is 50.8. The summed E-state index contributed by atoms with van der Waals surface area (Å²) in [5.41, 5.74) is -1.59. The molecule has 1 fully saturated rings. The Morgan fingerprint density at radius 2 is 1.70 bits per heavy atom. The number of nitrogens with zero attached hydrogens (tertiary/aromatic N) is 1. The molecule has 0 bridgehead atoms. The van der Waals surface area contributed by atoms with Crippen LogP contribution in [0.15, 0.2) is 72.8 Å². The minimum atomic E-state index is -4.51. The van der Waals surface area contributed by atoms with Gasteiger partial charge < -0.3 is 30.1 Å². The van der Waals surface area contributed by atoms with Crippen molar-refractivity contribution >= 4 is 23.4 Å². The largest absolute Gasteiger partial charge is 0.490 e. The maximum atomic E-state index is 13.5. The minimum absolute atomic E-state index is 0.0288. The molecule has 0 aliphatic carbocycles. The van der Waals surface area contributed by atoms with Gasteiger partial charge in [-0.05, 0) is 67.8 Å². The van der Waals surface area contributed by atoms with Crippen molar-refractivity contribution in [1.29, 1.82) is 0 Å². The van der Waals surface area contributed by atoms with Crippen LogP contribution in [0.4, 0.5) is 18.9 Å². The topological polar surface area (TPSA) is 117 Å². The van der Waals surface area contributed by atoms with Crippen molar-refractivity contribution in [3.05, 3.63) is 95.1 Å². The summed E-state index contributed by atoms with van der Waals surface area (Å²) in [6.45, 7) is 1.72. The number of carbonyl (C=O) groups excluding carboxylic acids is 3. The lowest BCUT2D eigenvalue weighted by Gasteiger charge is -2.42. The third-order valence-electron chi connectivity index (χ3n) is 8.01. The SMILES string of the molecule is CN1C(=O)c2cc(NC(=O)c3ccc(C(F)(F)F)cc3)ccc2OC[C@@H]2O[C@H](CNC(=O)[C@](C)(O)c3ccccc3)CC[C@@H]21. The highest BCUT2D eigenvalue weighted by molar-refractivity contribution is 6.05. The van der Waals surface area contributed by atoms with Crippen LogP contribution in [0.1, 0.15) is 51.6 Å². The molecule has 232 valence electrons. The number of halogens is 3. The summed E-state index contributed by atoms with van der Waals surface area (Å²) in [5, 5.41) is 16.2. The van der Waals surface area contributed by atoms with E-state index in [0.717, 1.165) is 24.3 Å². The fourth-order valence-electron chi connectivity index (χ4n) is 5.39. The average Bonchev–Trinajstić information content (AvgIpc) is 3.01. The Bertz CT molecular complexity index is 1530. The fourth-order valence-corrected chi connectivity index (χ4v) is 5.39. The molecule has 5 rings (SSSR count). The summed E-state index contributed by atoms with van der Waals surface area (Å²) in [5.74, 6) is -1.25. The molecule has 0 saturated carbocycles. The van der Waals surface area contributed by atoms with E-state index in [1.165, 1.54) is 25.1 Å². The summed E-state index contributed by atoms with van der Waals surface area (Å²) in [7, 11) is 1.66. The van der Waals surface area contributed by atoms with E-state index in [-0.39, 0.29) is 53.8 Å². The molecule has 0 radical (unpaired) electrons. The highest BCUT2D eigenvalue weighted by Gasteiger charge is 2.40. The van der Waals surface area contributed by atoms with E-state index in [1.807, 2.05) is 0 Å². The maximum Gasteiger partial charge on any atom is 0.416 e. The van der Waals surface area contributed by atoms with Crippen LogP contribution in [-0.2, 0) is 21.3 Å². The van der Waals surface area contributed by atoms with E-state index in [0.29, 0.717) is 18.4 Å². The van der Waals surface area contributed by atoms with Gasteiger partial charge >= 0.3 is 6.18 Å². The molecule has 44 heavy (non-hydrogen) atoms. The van der Waals surface area contributed by atoms with Gasteiger partial charge in [0, 0.05) is 24.8 Å². The maximum absolute atomic E-state index is 13.5. The number of anilines is 1. The van der Waals surface area contributed by atoms with Crippen LogP contribution < -0.4 is 15.4 Å². The van der Waals surface area contributed by atoms with Crippen LogP contribution in [0.25, 0.3) is 0 Å². The van der Waals surface area contributed by atoms with Crippen LogP contribution in [0.3, 0.4) is 0 Å². The molecule has 0 unspecified atom stereocenters. The average molecular weight is 612 g/mol. The van der Waals surface area contributed by atoms with Gasteiger partial charge in [0.1, 0.15) is 18.5 Å². The van der Waals surface area contributed by atoms with Crippen LogP contribution in [0, 0.1) is 0 Å². The van der Waals surface area contributed by atoms with Gasteiger partial charge in [0.2, 0.25) is 0 Å². The lowest BCUT2D eigenvalue weighted by atomic mass is 9.94. The van der Waals surface area contributed by atoms with Gasteiger partial charge in [0.25, 0.3) is 17.7 Å². The lowest BCUT2D eigenvalue weighted by molar-refractivity contribution is -0.141. The number of nitrogens with one attached hydrogen (secondary N) is 2. The number of carbonyl (C=O) groups is 3. The molecule has 3 amide bonds. The van der Waals surface area contributed by atoms with Gasteiger partial charge in [-0.1, -0.05) is 30.3 Å². The van der Waals surface area contributed by atoms with Crippen molar-refractivity contribution in [3.63, 3.8) is 0 Å². The number of alkyl halides is 3. The van der Waals surface area contributed by atoms with Crippen LogP contribution >= 0.6 is 0 Å². The Morgan fingerprint density at radius 3 is 2.39 bits per heavy atom. The second-order valence-electron chi connectivity index (χ2n) is 11.1. The van der Waals surface area contributed by atoms with Gasteiger partial charge in [-0.3, -0.25) is 14.4 Å². The molecule has 3 aromatic rings. The van der Waals surface area contributed by atoms with Gasteiger partial charge in [-0.25, -0.2) is 0 Å². The van der Waals surface area contributed by atoms with Gasteiger partial charge in [-0.2, -0.15) is 13.2 Å². The first-order chi connectivity index (χ1) is 20.8. The Morgan fingerprint density at radius 1 is 1.00 bits per heavy atom. The van der Waals surface area contributed by atoms with Crippen molar-refractivity contribution < 1.29 is 42.1 Å². The number of fused-ring (bicyclic) bond motifs is 2. The normalized spacial score (nSPS) is 21.5. The zero-order valence-corrected chi connectivity index (χ0v) is 24.1. The molecule has 2 aliphatic heterocycles. The van der Waals surface area contributed by atoms with Crippen LogP contribution in [0.2, 0.25) is 0 Å². The Kier molecular flexibility index (Phi) is 8.66. The molecule has 9 nitrogen and oxygen atoms in total. The van der Waals surface area contributed by atoms with Crippen molar-refractivity contribution in [2.24, 2.45) is 0 Å². The van der Waals surface area contributed by atoms with Crippen LogP contribution in [0.5, 0.6) is 5.75 Å². The summed E-state index contributed by atoms with van der Waals surface area (Å²) >= 11 is 0. The van der Waals surface area contributed by atoms with E-state index in [1.54, 1.807) is 42.3 Å². The molecule has 0 aromatic heterocycles. The van der Waals surface area contributed by atoms with Gasteiger partial charge in [0.15, 0.2) is 5.60 Å². The highest BCUT2D eigenvalue weighted by Crippen LogP contribution is 2.33. The van der Waals surface area contributed by atoms with Crippen molar-refractivity contribution in [2.75, 3.05) is 25.5 Å². The second-order valence-corrected chi connectivity index (χ2v) is 11.1. The van der Waals surface area contributed by atoms with E-state index in [9.17, 15) is 32.7 Å². The third-order valence-corrected chi connectivity index (χ3v) is 8.01. The second kappa shape index (κ2) is 12.3. The van der Waals surface area contributed by atoms with E-state index >= 15 is 0 Å². The molecule has 2 heterocycles. The third kappa shape index (κ3) is 6.56. The number of ether oxygens (including phenoxy) is 2. The van der Waals surface area contributed by atoms with Crippen molar-refractivity contribution in [1.82, 2.24) is 10.2 Å². The molecule has 2 aliphatic rings. The molecule has 0 spiro atoms. The van der Waals surface area contributed by atoms with Crippen LogP contribution in [-0.4, -0.2) is 66.2 Å². The molecule has 3 N–H and O–H groups in total. The first-order valence-corrected chi connectivity index (χ1v) is 14.1. The van der Waals surface area contributed by atoms with E-state index in [4.69, 9.17) is 9.47 Å². The smallest absolute Gasteiger partial charge is 0.416 e. The zero-order valence-electron chi connectivity index (χ0n) is 24.1. The van der Waals surface area contributed by atoms with Crippen molar-refractivity contribution in [2.45, 2.75) is 49.8 Å².